The van der Waals surface area contributed by atoms with Crippen molar-refractivity contribution >= 4 is 34.1 Å². The van der Waals surface area contributed by atoms with Gasteiger partial charge in [-0.2, -0.15) is 0 Å². The van der Waals surface area contributed by atoms with Gasteiger partial charge in [0.1, 0.15) is 0 Å². The Morgan fingerprint density at radius 2 is 1.66 bits per heavy atom. The monoisotopic (exact) mass is 599 g/mol. The Kier molecular flexibility index (Phi) is 8.84. The van der Waals surface area contributed by atoms with E-state index in [1.54, 1.807) is 12.1 Å². The number of carbonyl (C=O) groups excluding carboxylic acids is 2. The highest BCUT2D eigenvalue weighted by Gasteiger charge is 2.46. The lowest BCUT2D eigenvalue weighted by atomic mass is 9.77. The van der Waals surface area contributed by atoms with Crippen molar-refractivity contribution < 1.29 is 18.0 Å². The Morgan fingerprint density at radius 3 is 2.29 bits per heavy atom. The van der Waals surface area contributed by atoms with Gasteiger partial charge >= 0.3 is 0 Å². The third-order valence-corrected chi connectivity index (χ3v) is 10.8. The van der Waals surface area contributed by atoms with E-state index in [0.29, 0.717) is 47.9 Å². The highest BCUT2D eigenvalue weighted by molar-refractivity contribution is 7.90. The molecule has 2 amide bonds. The third kappa shape index (κ3) is 6.98. The van der Waals surface area contributed by atoms with Crippen molar-refractivity contribution in [1.29, 1.82) is 0 Å². The van der Waals surface area contributed by atoms with E-state index in [1.807, 2.05) is 17.0 Å². The van der Waals surface area contributed by atoms with E-state index in [4.69, 9.17) is 0 Å². The van der Waals surface area contributed by atoms with Crippen molar-refractivity contribution in [2.45, 2.75) is 55.9 Å². The molecule has 0 radical (unpaired) electrons. The Labute approximate surface area is 250 Å². The molecule has 4 fully saturated rings. The number of sulfone groups is 1. The number of halogens is 1. The molecule has 4 aliphatic rings. The Morgan fingerprint density at radius 1 is 0.976 bits per heavy atom. The SMILES string of the molecule is CS(=O)(=O)c1ccc(CN2CC3(CCN(CC4CN(C(=O)CC5CC5)CC4c4ccccc4)CC3)CC2=O)cc1.Cl. The summed E-state index contributed by atoms with van der Waals surface area (Å²) in [5, 5.41) is 0. The first-order chi connectivity index (χ1) is 19.2. The highest BCUT2D eigenvalue weighted by atomic mass is 35.5. The van der Waals surface area contributed by atoms with Crippen LogP contribution in [0.2, 0.25) is 0 Å². The minimum atomic E-state index is -3.23. The van der Waals surface area contributed by atoms with Crippen LogP contribution in [-0.2, 0) is 26.0 Å². The van der Waals surface area contributed by atoms with E-state index in [-0.39, 0.29) is 23.7 Å². The average Bonchev–Trinajstić information content (AvgIpc) is 3.57. The summed E-state index contributed by atoms with van der Waals surface area (Å²) in [6.45, 7) is 5.93. The van der Waals surface area contributed by atoms with Gasteiger partial charge in [0, 0.05) is 57.7 Å². The molecule has 222 valence electrons. The number of likely N-dealkylation sites (tertiary alicyclic amines) is 3. The molecule has 1 spiro atoms. The number of amides is 2. The number of rotatable bonds is 8. The number of hydrogen-bond acceptors (Lipinski definition) is 5. The predicted octanol–water partition coefficient (Wildman–Crippen LogP) is 4.37. The predicted molar refractivity (Wildman–Crippen MR) is 162 cm³/mol. The Hall–Kier alpha value is -2.42. The molecule has 2 unspecified atom stereocenters. The van der Waals surface area contributed by atoms with Gasteiger partial charge in [0.05, 0.1) is 4.90 Å². The zero-order chi connectivity index (χ0) is 27.9. The van der Waals surface area contributed by atoms with E-state index in [1.165, 1.54) is 24.7 Å². The second kappa shape index (κ2) is 12.1. The lowest BCUT2D eigenvalue weighted by Gasteiger charge is -2.40. The highest BCUT2D eigenvalue weighted by Crippen LogP contribution is 2.43. The third-order valence-electron chi connectivity index (χ3n) is 9.72. The van der Waals surface area contributed by atoms with Gasteiger partial charge in [0.15, 0.2) is 9.84 Å². The van der Waals surface area contributed by atoms with E-state index in [9.17, 15) is 18.0 Å². The first kappa shape index (κ1) is 30.1. The van der Waals surface area contributed by atoms with Crippen molar-refractivity contribution in [2.24, 2.45) is 17.3 Å². The fourth-order valence-corrected chi connectivity index (χ4v) is 7.73. The van der Waals surface area contributed by atoms with Gasteiger partial charge in [0.25, 0.3) is 0 Å². The van der Waals surface area contributed by atoms with Crippen molar-refractivity contribution in [3.05, 3.63) is 65.7 Å². The molecular weight excluding hydrogens is 558 g/mol. The normalized spacial score (nSPS) is 24.6. The van der Waals surface area contributed by atoms with Crippen LogP contribution >= 0.6 is 12.4 Å². The van der Waals surface area contributed by atoms with Gasteiger partial charge in [-0.05, 0) is 79.3 Å². The lowest BCUT2D eigenvalue weighted by Crippen LogP contribution is -2.44. The maximum absolute atomic E-state index is 13.0. The molecule has 3 saturated heterocycles. The van der Waals surface area contributed by atoms with Crippen LogP contribution in [-0.4, -0.2) is 80.5 Å². The van der Waals surface area contributed by atoms with Crippen LogP contribution in [0, 0.1) is 17.3 Å². The molecule has 0 bridgehead atoms. The summed E-state index contributed by atoms with van der Waals surface area (Å²) in [5.41, 5.74) is 2.33. The maximum Gasteiger partial charge on any atom is 0.223 e. The molecule has 1 aliphatic carbocycles. The summed E-state index contributed by atoms with van der Waals surface area (Å²) in [4.78, 5) is 32.9. The molecule has 7 nitrogen and oxygen atoms in total. The molecule has 0 aromatic heterocycles. The van der Waals surface area contributed by atoms with Crippen molar-refractivity contribution in [3.63, 3.8) is 0 Å². The van der Waals surface area contributed by atoms with E-state index < -0.39 is 9.84 Å². The zero-order valence-electron chi connectivity index (χ0n) is 23.9. The van der Waals surface area contributed by atoms with Crippen LogP contribution in [0.1, 0.15) is 55.6 Å². The van der Waals surface area contributed by atoms with E-state index >= 15 is 0 Å². The minimum absolute atomic E-state index is 0. The second-order valence-corrected chi connectivity index (χ2v) is 14.9. The van der Waals surface area contributed by atoms with Gasteiger partial charge in [0.2, 0.25) is 11.8 Å². The van der Waals surface area contributed by atoms with Crippen molar-refractivity contribution in [1.82, 2.24) is 14.7 Å². The standard InChI is InChI=1S/C32H41N3O4S.ClH/c1-40(38,39)28-11-9-25(10-12-28)19-35-23-32(18-31(35)37)13-15-33(16-14-32)20-27-21-34(30(36)17-24-7-8-24)22-29(27)26-5-3-2-4-6-26;/h2-6,9-12,24,27,29H,7-8,13-23H2,1H3;1H. The number of nitrogens with zero attached hydrogens (tertiary/aromatic N) is 3. The van der Waals surface area contributed by atoms with Crippen LogP contribution in [0.25, 0.3) is 0 Å². The largest absolute Gasteiger partial charge is 0.342 e. The van der Waals surface area contributed by atoms with E-state index in [0.717, 1.165) is 57.7 Å². The number of benzene rings is 2. The van der Waals surface area contributed by atoms with Crippen LogP contribution in [0.4, 0.5) is 0 Å². The number of hydrogen-bond donors (Lipinski definition) is 0. The lowest BCUT2D eigenvalue weighted by molar-refractivity contribution is -0.130. The molecule has 3 aliphatic heterocycles. The van der Waals surface area contributed by atoms with Crippen LogP contribution < -0.4 is 0 Å². The van der Waals surface area contributed by atoms with Gasteiger partial charge in [-0.3, -0.25) is 9.59 Å². The Bertz CT molecular complexity index is 1340. The molecular formula is C32H42ClN3O4S. The van der Waals surface area contributed by atoms with Crippen LogP contribution in [0.3, 0.4) is 0 Å². The summed E-state index contributed by atoms with van der Waals surface area (Å²) in [6, 6.07) is 17.6. The van der Waals surface area contributed by atoms with Crippen LogP contribution in [0.15, 0.2) is 59.5 Å². The maximum atomic E-state index is 13.0. The van der Waals surface area contributed by atoms with Crippen LogP contribution in [0.5, 0.6) is 0 Å². The smallest absolute Gasteiger partial charge is 0.223 e. The molecule has 41 heavy (non-hydrogen) atoms. The molecule has 0 N–H and O–H groups in total. The summed E-state index contributed by atoms with van der Waals surface area (Å²) in [7, 11) is -3.23. The fourth-order valence-electron chi connectivity index (χ4n) is 7.10. The summed E-state index contributed by atoms with van der Waals surface area (Å²) >= 11 is 0. The second-order valence-electron chi connectivity index (χ2n) is 12.9. The molecule has 6 rings (SSSR count). The van der Waals surface area contributed by atoms with E-state index in [2.05, 4.69) is 40.1 Å². The fraction of sp³-hybridized carbons (Fsp3) is 0.562. The van der Waals surface area contributed by atoms with Gasteiger partial charge < -0.3 is 14.7 Å². The molecule has 3 heterocycles. The molecule has 1 saturated carbocycles. The summed E-state index contributed by atoms with van der Waals surface area (Å²) in [6.07, 6.45) is 6.95. The average molecular weight is 600 g/mol. The van der Waals surface area contributed by atoms with Gasteiger partial charge in [-0.15, -0.1) is 12.4 Å². The first-order valence-corrected chi connectivity index (χ1v) is 16.7. The zero-order valence-corrected chi connectivity index (χ0v) is 25.5. The summed E-state index contributed by atoms with van der Waals surface area (Å²) in [5.74, 6) is 1.94. The number of carbonyl (C=O) groups is 2. The molecule has 2 aromatic rings. The minimum Gasteiger partial charge on any atom is -0.342 e. The quantitative estimate of drug-likeness (QED) is 0.450. The molecule has 2 atom stereocenters. The summed E-state index contributed by atoms with van der Waals surface area (Å²) < 4.78 is 23.5. The van der Waals surface area contributed by atoms with Crippen molar-refractivity contribution in [3.8, 4) is 0 Å². The Balaban J connectivity index is 0.00000337. The first-order valence-electron chi connectivity index (χ1n) is 14.8. The van der Waals surface area contributed by atoms with Gasteiger partial charge in [-0.25, -0.2) is 8.42 Å². The van der Waals surface area contributed by atoms with Gasteiger partial charge in [-0.1, -0.05) is 42.5 Å². The van der Waals surface area contributed by atoms with Crippen molar-refractivity contribution in [2.75, 3.05) is 45.5 Å². The topological polar surface area (TPSA) is 78.0 Å². The number of piperidine rings is 1. The molecule has 2 aromatic carbocycles. The molecule has 9 heteroatoms.